The Balaban J connectivity index is 1.90. The van der Waals surface area contributed by atoms with Crippen molar-refractivity contribution in [3.8, 4) is 0 Å². The molecule has 1 fully saturated rings. The minimum atomic E-state index is 0.548. The lowest BCUT2D eigenvalue weighted by Crippen LogP contribution is -2.44. The topological polar surface area (TPSA) is 31.9 Å². The van der Waals surface area contributed by atoms with Gasteiger partial charge in [0.1, 0.15) is 5.82 Å². The van der Waals surface area contributed by atoms with Crippen molar-refractivity contribution in [1.29, 1.82) is 0 Å². The molecule has 1 saturated heterocycles. The number of hydrogen-bond acceptors (Lipinski definition) is 2. The van der Waals surface area contributed by atoms with Crippen LogP contribution in [0.5, 0.6) is 0 Å². The summed E-state index contributed by atoms with van der Waals surface area (Å²) in [5, 5.41) is 0. The van der Waals surface area contributed by atoms with Gasteiger partial charge < -0.3 is 4.98 Å². The van der Waals surface area contributed by atoms with E-state index < -0.39 is 0 Å². The molecule has 0 saturated carbocycles. The molecule has 14 heavy (non-hydrogen) atoms. The average molecular weight is 193 g/mol. The Morgan fingerprint density at radius 1 is 1.57 bits per heavy atom. The number of H-pyrrole nitrogens is 1. The van der Waals surface area contributed by atoms with E-state index in [9.17, 15) is 0 Å². The summed E-state index contributed by atoms with van der Waals surface area (Å²) in [6.07, 6.45) is 1.96. The molecular weight excluding hydrogens is 174 g/mol. The van der Waals surface area contributed by atoms with Crippen LogP contribution in [0, 0.1) is 5.92 Å². The summed E-state index contributed by atoms with van der Waals surface area (Å²) in [6.45, 7) is 10.1. The van der Waals surface area contributed by atoms with Gasteiger partial charge in [0.05, 0.1) is 6.54 Å². The van der Waals surface area contributed by atoms with Crippen LogP contribution in [0.4, 0.5) is 0 Å². The highest BCUT2D eigenvalue weighted by Crippen LogP contribution is 2.17. The van der Waals surface area contributed by atoms with E-state index in [1.54, 1.807) is 0 Å². The molecule has 1 aromatic heterocycles. The zero-order chi connectivity index (χ0) is 10.1. The van der Waals surface area contributed by atoms with Crippen molar-refractivity contribution in [2.45, 2.75) is 33.2 Å². The van der Waals surface area contributed by atoms with Crippen molar-refractivity contribution in [1.82, 2.24) is 14.9 Å². The van der Waals surface area contributed by atoms with Crippen molar-refractivity contribution in [3.63, 3.8) is 0 Å². The van der Waals surface area contributed by atoms with Gasteiger partial charge in [0.15, 0.2) is 0 Å². The second-order valence-corrected chi connectivity index (χ2v) is 4.74. The van der Waals surface area contributed by atoms with E-state index in [1.807, 2.05) is 6.20 Å². The fraction of sp³-hybridized carbons (Fsp3) is 0.727. The fourth-order valence-corrected chi connectivity index (χ4v) is 1.92. The zero-order valence-corrected chi connectivity index (χ0v) is 9.25. The highest BCUT2D eigenvalue weighted by Gasteiger charge is 2.22. The van der Waals surface area contributed by atoms with Crippen molar-refractivity contribution in [2.75, 3.05) is 13.1 Å². The minimum absolute atomic E-state index is 0.548. The zero-order valence-electron chi connectivity index (χ0n) is 9.25. The number of aromatic nitrogens is 2. The first-order valence-corrected chi connectivity index (χ1v) is 5.41. The average Bonchev–Trinajstić information content (AvgIpc) is 2.50. The maximum atomic E-state index is 4.39. The van der Waals surface area contributed by atoms with E-state index in [0.717, 1.165) is 18.3 Å². The van der Waals surface area contributed by atoms with Gasteiger partial charge in [0.2, 0.25) is 0 Å². The molecule has 3 nitrogen and oxygen atoms in total. The first-order chi connectivity index (χ1) is 6.65. The van der Waals surface area contributed by atoms with Crippen LogP contribution in [0.3, 0.4) is 0 Å². The number of nitrogens with one attached hydrogen (secondary N) is 1. The van der Waals surface area contributed by atoms with Crippen LogP contribution in [0.2, 0.25) is 0 Å². The van der Waals surface area contributed by atoms with Crippen LogP contribution in [0.15, 0.2) is 6.20 Å². The van der Waals surface area contributed by atoms with Gasteiger partial charge in [-0.25, -0.2) is 4.98 Å². The predicted molar refractivity (Wildman–Crippen MR) is 57.1 cm³/mol. The summed E-state index contributed by atoms with van der Waals surface area (Å²) < 4.78 is 0. The summed E-state index contributed by atoms with van der Waals surface area (Å²) in [6, 6.07) is 0. The molecule has 0 spiro atoms. The molecule has 1 aliphatic heterocycles. The second-order valence-electron chi connectivity index (χ2n) is 4.74. The third kappa shape index (κ3) is 1.98. The van der Waals surface area contributed by atoms with E-state index in [1.165, 1.54) is 18.8 Å². The van der Waals surface area contributed by atoms with Crippen LogP contribution in [0.1, 0.15) is 38.2 Å². The van der Waals surface area contributed by atoms with Crippen molar-refractivity contribution >= 4 is 0 Å². The summed E-state index contributed by atoms with van der Waals surface area (Å²) in [4.78, 5) is 10.2. The number of imidazole rings is 1. The molecule has 0 amide bonds. The number of rotatable bonds is 3. The Kier molecular flexibility index (Phi) is 2.59. The third-order valence-corrected chi connectivity index (χ3v) is 2.78. The number of likely N-dealkylation sites (tertiary alicyclic amines) is 1. The largest absolute Gasteiger partial charge is 0.345 e. The molecule has 0 aliphatic carbocycles. The Morgan fingerprint density at radius 2 is 2.29 bits per heavy atom. The molecule has 0 aromatic carbocycles. The molecule has 0 unspecified atom stereocenters. The van der Waals surface area contributed by atoms with Gasteiger partial charge in [0, 0.05) is 25.0 Å². The Hall–Kier alpha value is -0.830. The molecule has 1 aromatic rings. The van der Waals surface area contributed by atoms with Crippen molar-refractivity contribution < 1.29 is 0 Å². The molecular formula is C11H19N3. The van der Waals surface area contributed by atoms with Gasteiger partial charge in [0.25, 0.3) is 0 Å². The van der Waals surface area contributed by atoms with Crippen LogP contribution in [-0.4, -0.2) is 28.0 Å². The third-order valence-electron chi connectivity index (χ3n) is 2.78. The monoisotopic (exact) mass is 193 g/mol. The minimum Gasteiger partial charge on any atom is -0.345 e. The van der Waals surface area contributed by atoms with Gasteiger partial charge >= 0.3 is 0 Å². The highest BCUT2D eigenvalue weighted by molar-refractivity contribution is 5.05. The van der Waals surface area contributed by atoms with Gasteiger partial charge in [-0.15, -0.1) is 0 Å². The molecule has 1 aliphatic rings. The first-order valence-electron chi connectivity index (χ1n) is 5.41. The van der Waals surface area contributed by atoms with Gasteiger partial charge in [-0.05, 0) is 11.8 Å². The quantitative estimate of drug-likeness (QED) is 0.796. The predicted octanol–water partition coefficient (Wildman–Crippen LogP) is 1.98. The summed E-state index contributed by atoms with van der Waals surface area (Å²) >= 11 is 0. The van der Waals surface area contributed by atoms with Crippen molar-refractivity contribution in [3.05, 3.63) is 17.7 Å². The molecule has 2 rings (SSSR count). The van der Waals surface area contributed by atoms with Crippen LogP contribution >= 0.6 is 0 Å². The first kappa shape index (κ1) is 9.71. The fourth-order valence-electron chi connectivity index (χ4n) is 1.92. The van der Waals surface area contributed by atoms with E-state index in [-0.39, 0.29) is 0 Å². The standard InChI is InChI=1S/C11H19N3/c1-8(2)10-4-12-11(13-10)7-14-5-9(3)6-14/h4,8-9H,5-7H2,1-3H3,(H,12,13). The highest BCUT2D eigenvalue weighted by atomic mass is 15.2. The molecule has 78 valence electrons. The lowest BCUT2D eigenvalue weighted by Gasteiger charge is -2.36. The maximum Gasteiger partial charge on any atom is 0.120 e. The molecule has 0 radical (unpaired) electrons. The lowest BCUT2D eigenvalue weighted by molar-refractivity contribution is 0.102. The summed E-state index contributed by atoms with van der Waals surface area (Å²) in [5.74, 6) is 2.53. The molecule has 1 N–H and O–H groups in total. The number of nitrogens with zero attached hydrogens (tertiary/aromatic N) is 2. The van der Waals surface area contributed by atoms with Crippen LogP contribution in [0.25, 0.3) is 0 Å². The van der Waals surface area contributed by atoms with Gasteiger partial charge in [-0.1, -0.05) is 20.8 Å². The molecule has 0 bridgehead atoms. The Labute approximate surface area is 85.5 Å². The van der Waals surface area contributed by atoms with Gasteiger partial charge in [-0.2, -0.15) is 0 Å². The normalized spacial score (nSPS) is 18.9. The lowest BCUT2D eigenvalue weighted by atomic mass is 10.0. The Morgan fingerprint density at radius 3 is 2.79 bits per heavy atom. The molecule has 3 heteroatoms. The Bertz CT molecular complexity index is 297. The SMILES string of the molecule is CC1CN(Cc2ncc(C(C)C)[nH]2)C1. The van der Waals surface area contributed by atoms with E-state index >= 15 is 0 Å². The smallest absolute Gasteiger partial charge is 0.120 e. The van der Waals surface area contributed by atoms with Crippen molar-refractivity contribution in [2.24, 2.45) is 5.92 Å². The van der Waals surface area contributed by atoms with Crippen LogP contribution < -0.4 is 0 Å². The summed E-state index contributed by atoms with van der Waals surface area (Å²) in [5.41, 5.74) is 1.24. The van der Waals surface area contributed by atoms with E-state index in [2.05, 4.69) is 35.6 Å². The van der Waals surface area contributed by atoms with Gasteiger partial charge in [-0.3, -0.25) is 4.90 Å². The second kappa shape index (κ2) is 3.73. The van der Waals surface area contributed by atoms with Crippen LogP contribution in [-0.2, 0) is 6.54 Å². The number of aromatic amines is 1. The maximum absolute atomic E-state index is 4.39. The van der Waals surface area contributed by atoms with E-state index in [4.69, 9.17) is 0 Å². The van der Waals surface area contributed by atoms with E-state index in [0.29, 0.717) is 5.92 Å². The number of hydrogen-bond donors (Lipinski definition) is 1. The summed E-state index contributed by atoms with van der Waals surface area (Å²) in [7, 11) is 0. The molecule has 0 atom stereocenters. The molecule has 2 heterocycles.